The smallest absolute Gasteiger partial charge is 0.446 e. The van der Waals surface area contributed by atoms with Crippen LogP contribution in [0.1, 0.15) is 81.6 Å². The number of nitrogens with two attached hydrogens (primary N) is 1. The van der Waals surface area contributed by atoms with Gasteiger partial charge >= 0.3 is 10.4 Å². The average Bonchev–Trinajstić information content (AvgIpc) is 2.07. The number of rotatable bonds is 18. The van der Waals surface area contributed by atoms with Gasteiger partial charge in [-0.25, -0.2) is 0 Å². The van der Waals surface area contributed by atoms with E-state index in [1.807, 2.05) is 24.3 Å². The van der Waals surface area contributed by atoms with E-state index in [9.17, 15) is 82.0 Å². The van der Waals surface area contributed by atoms with E-state index in [1.54, 1.807) is 18.2 Å². The number of phenolic OH excluding ortho intramolecular Hbond substituents is 1. The Hall–Kier alpha value is -8.26. The Balaban J connectivity index is 1.18. The molecule has 0 saturated carbocycles. The summed E-state index contributed by atoms with van der Waals surface area (Å²) in [4.78, 5) is 115. The highest BCUT2D eigenvalue weighted by atomic mass is 32.3. The number of nitrogens with zero attached hydrogens (tertiary/aromatic N) is 3. The van der Waals surface area contributed by atoms with Crippen LogP contribution in [0.25, 0.3) is 22.6 Å². The number of aliphatic hydroxyl groups excluding tert-OH is 5. The Morgan fingerprint density at radius 3 is 2.16 bits per heavy atom. The van der Waals surface area contributed by atoms with Gasteiger partial charge in [0.2, 0.25) is 41.4 Å². The maximum atomic E-state index is 14.6. The number of β-amino-alcohol motifs (C(OH)–C–C–N with tert-alkyl or cyclic N) is 1. The summed E-state index contributed by atoms with van der Waals surface area (Å²) in [5.74, 6) is -10.5. The molecule has 12 atom stereocenters. The quantitative estimate of drug-likeness (QED) is 0.0391. The van der Waals surface area contributed by atoms with E-state index in [4.69, 9.17) is 15.0 Å². The van der Waals surface area contributed by atoms with Gasteiger partial charge in [-0.3, -0.25) is 42.9 Å². The Morgan fingerprint density at radius 1 is 0.837 bits per heavy atom. The summed E-state index contributed by atoms with van der Waals surface area (Å²) in [6.07, 6.45) is -8.67. The number of benzene rings is 3. The lowest BCUT2D eigenvalue weighted by atomic mass is 9.98. The number of fused-ring (bicyclic) bond motifs is 2. The summed E-state index contributed by atoms with van der Waals surface area (Å²) in [6.45, 7) is 4.00. The molecule has 3 aromatic carbocycles. The normalized spacial score (nSPS) is 24.8. The molecular weight excluding hydrogens is 1150 g/mol. The number of unbranched alkanes of at least 4 members (excludes halogenated alkanes) is 2. The number of aromatic nitrogens is 1. The summed E-state index contributed by atoms with van der Waals surface area (Å²) in [5, 5.41) is 83.4. The molecule has 4 aromatic rings. The first kappa shape index (κ1) is 65.3. The Bertz CT molecular complexity index is 3220. The van der Waals surface area contributed by atoms with Crippen molar-refractivity contribution in [3.8, 4) is 39.8 Å². The zero-order valence-electron chi connectivity index (χ0n) is 47.1. The summed E-state index contributed by atoms with van der Waals surface area (Å²) in [6, 6.07) is 6.48. The molecule has 4 heterocycles. The lowest BCUT2D eigenvalue weighted by molar-refractivity contribution is -0.147. The standard InChI is InChI=1S/C56H71N9O20S/c1-4-5-6-20-83-35-16-14-32(15-17-35)42-24-36(63-84-42)31-10-12-33(13-11-31)50(73)59-37-23-34(67)26-58-54(77)48-49(72)28(2)27-65(48)56(79)47(41(70)25-44(57)71)62-53(76)46(40(69)21-30-9-18-39(68)43(22-30)85-86(80,81)82)61-52(75)38-8-7-19-64(38)55(78)45(29(3)66)60-51(37)74/h9-18,22,24,28-29,34,37-38,40-41,45-49,66-70,72H,4-8,19-21,23,25-27H2,1-3H3,(H2,57,71)(H,58,77)(H,59,73)(H,60,74)(H,61,75)(H,62,76)(H,80,81,82)/t28-,29+,34+,37-,38-,40+,41+,45-,46-,47-,48-,49-/m0/s1. The molecular formula is C56H71N9O20S. The average molecular weight is 1220 g/mol. The SMILES string of the molecule is CCCCCOc1ccc(-c2cc(-c3ccc(C(=O)N[C@H]4C[C@@H](O)CNC(=O)[C@@H]5[C@@H](O)[C@@H](C)CN5C(=O)[C@H]([C@H](O)CC(N)=O)NC(=O)[C@H]([C@H](O)Cc5ccc(O)c(OS(=O)(=O)O)c5)NC(=O)[C@@H]5CCCN5C(=O)[C@H]([C@@H](C)O)NC4=O)cc3)no2)cc1. The van der Waals surface area contributed by atoms with Gasteiger partial charge in [0.1, 0.15) is 47.7 Å². The van der Waals surface area contributed by atoms with Crippen molar-refractivity contribution in [1.29, 1.82) is 0 Å². The number of nitrogens with one attached hydrogen (secondary N) is 5. The van der Waals surface area contributed by atoms with Crippen LogP contribution < -0.4 is 41.2 Å². The first-order valence-electron chi connectivity index (χ1n) is 27.8. The van der Waals surface area contributed by atoms with E-state index >= 15 is 0 Å². The number of carbonyl (C=O) groups excluding carboxylic acids is 8. The van der Waals surface area contributed by atoms with Crippen LogP contribution in [0.3, 0.4) is 0 Å². The Kier molecular flexibility index (Phi) is 21.8. The van der Waals surface area contributed by atoms with Crippen molar-refractivity contribution in [3.05, 3.63) is 83.9 Å². The molecule has 86 heavy (non-hydrogen) atoms. The van der Waals surface area contributed by atoms with Crippen LogP contribution in [0, 0.1) is 5.92 Å². The highest BCUT2D eigenvalue weighted by Gasteiger charge is 2.49. The van der Waals surface area contributed by atoms with Crippen LogP contribution in [0.4, 0.5) is 0 Å². The highest BCUT2D eigenvalue weighted by Crippen LogP contribution is 2.31. The van der Waals surface area contributed by atoms with Crippen molar-refractivity contribution in [2.75, 3.05) is 26.2 Å². The number of aliphatic hydroxyl groups is 5. The predicted octanol–water partition coefficient (Wildman–Crippen LogP) is -1.68. The number of ether oxygens (including phenoxy) is 1. The van der Waals surface area contributed by atoms with Crippen molar-refractivity contribution in [2.24, 2.45) is 11.7 Å². The van der Waals surface area contributed by atoms with Gasteiger partial charge in [0.15, 0.2) is 17.3 Å². The molecule has 0 aliphatic carbocycles. The lowest BCUT2D eigenvalue weighted by Gasteiger charge is -2.34. The summed E-state index contributed by atoms with van der Waals surface area (Å²) in [7, 11) is -5.21. The first-order chi connectivity index (χ1) is 40.7. The molecule has 3 saturated heterocycles. The molecule has 3 aliphatic rings. The third kappa shape index (κ3) is 16.6. The molecule has 30 heteroatoms. The van der Waals surface area contributed by atoms with Crippen molar-refractivity contribution >= 4 is 57.7 Å². The van der Waals surface area contributed by atoms with Gasteiger partial charge in [0, 0.05) is 61.2 Å². The van der Waals surface area contributed by atoms with Crippen LogP contribution >= 0.6 is 0 Å². The third-order valence-corrected chi connectivity index (χ3v) is 15.3. The zero-order chi connectivity index (χ0) is 62.7. The molecule has 3 aliphatic heterocycles. The molecule has 0 unspecified atom stereocenters. The Morgan fingerprint density at radius 2 is 1.50 bits per heavy atom. The molecule has 466 valence electrons. The van der Waals surface area contributed by atoms with Gasteiger partial charge in [-0.1, -0.05) is 50.0 Å². The number of phenols is 1. The van der Waals surface area contributed by atoms with Crippen LogP contribution in [-0.4, -0.2) is 199 Å². The molecule has 1 aromatic heterocycles. The van der Waals surface area contributed by atoms with Crippen LogP contribution in [0.2, 0.25) is 0 Å². The predicted molar refractivity (Wildman–Crippen MR) is 300 cm³/mol. The van der Waals surface area contributed by atoms with Crippen LogP contribution in [0.5, 0.6) is 17.2 Å². The van der Waals surface area contributed by atoms with Crippen LogP contribution in [0.15, 0.2) is 77.3 Å². The lowest BCUT2D eigenvalue weighted by Crippen LogP contribution is -2.64. The van der Waals surface area contributed by atoms with Crippen molar-refractivity contribution < 1.29 is 95.4 Å². The maximum Gasteiger partial charge on any atom is 0.446 e. The molecule has 0 radical (unpaired) electrons. The van der Waals surface area contributed by atoms with E-state index in [0.29, 0.717) is 29.4 Å². The summed E-state index contributed by atoms with van der Waals surface area (Å²) >= 11 is 0. The summed E-state index contributed by atoms with van der Waals surface area (Å²) < 4.78 is 48.2. The minimum absolute atomic E-state index is 0.00254. The Labute approximate surface area is 493 Å². The monoisotopic (exact) mass is 1220 g/mol. The van der Waals surface area contributed by atoms with E-state index in [-0.39, 0.29) is 30.5 Å². The van der Waals surface area contributed by atoms with Gasteiger partial charge in [-0.15, -0.1) is 0 Å². The largest absolute Gasteiger partial charge is 0.504 e. The number of hydrogen-bond acceptors (Lipinski definition) is 20. The molecule has 7 rings (SSSR count). The molecule has 14 N–H and O–H groups in total. The summed E-state index contributed by atoms with van der Waals surface area (Å²) in [5.41, 5.74) is 6.97. The first-order valence-corrected chi connectivity index (χ1v) is 29.2. The second kappa shape index (κ2) is 28.8. The van der Waals surface area contributed by atoms with Gasteiger partial charge in [-0.2, -0.15) is 8.42 Å². The molecule has 3 fully saturated rings. The second-order valence-corrected chi connectivity index (χ2v) is 22.5. The minimum atomic E-state index is -5.21. The maximum absolute atomic E-state index is 14.6. The van der Waals surface area contributed by atoms with E-state index in [1.165, 1.54) is 19.1 Å². The van der Waals surface area contributed by atoms with E-state index in [2.05, 4.69) is 42.8 Å². The van der Waals surface area contributed by atoms with Crippen molar-refractivity contribution in [1.82, 2.24) is 41.5 Å². The minimum Gasteiger partial charge on any atom is -0.504 e. The fraction of sp³-hybridized carbons (Fsp3) is 0.482. The topological polar surface area (TPSA) is 449 Å². The second-order valence-electron chi connectivity index (χ2n) is 21.5. The number of primary amides is 1. The molecule has 29 nitrogen and oxygen atoms in total. The number of amides is 8. The number of aromatic hydroxyl groups is 1. The van der Waals surface area contributed by atoms with Crippen LogP contribution in [-0.2, 0) is 50.4 Å². The molecule has 8 amide bonds. The van der Waals surface area contributed by atoms with Gasteiger partial charge < -0.3 is 86.2 Å². The highest BCUT2D eigenvalue weighted by molar-refractivity contribution is 7.81. The van der Waals surface area contributed by atoms with Crippen molar-refractivity contribution in [2.45, 2.75) is 139 Å². The van der Waals surface area contributed by atoms with E-state index in [0.717, 1.165) is 59.7 Å². The van der Waals surface area contributed by atoms with Gasteiger partial charge in [0.25, 0.3) is 5.91 Å². The zero-order valence-corrected chi connectivity index (χ0v) is 47.9. The fourth-order valence-electron chi connectivity index (χ4n) is 10.3. The molecule has 0 bridgehead atoms. The third-order valence-electron chi connectivity index (χ3n) is 14.9. The van der Waals surface area contributed by atoms with Gasteiger partial charge in [-0.05, 0) is 80.3 Å². The van der Waals surface area contributed by atoms with Gasteiger partial charge in [0.05, 0.1) is 43.5 Å². The van der Waals surface area contributed by atoms with Crippen molar-refractivity contribution in [3.63, 3.8) is 0 Å². The number of carbonyl (C=O) groups is 8. The fourth-order valence-corrected chi connectivity index (χ4v) is 10.7. The van der Waals surface area contributed by atoms with E-state index < -0.39 is 174 Å². The molecule has 0 spiro atoms. The number of hydrogen-bond donors (Lipinski definition) is 13.